The smallest absolute Gasteiger partial charge is 0.237 e. The van der Waals surface area contributed by atoms with Gasteiger partial charge in [0.2, 0.25) is 11.8 Å². The summed E-state index contributed by atoms with van der Waals surface area (Å²) >= 11 is 1.41. The van der Waals surface area contributed by atoms with Gasteiger partial charge in [-0.2, -0.15) is 0 Å². The van der Waals surface area contributed by atoms with Crippen LogP contribution in [0.5, 0.6) is 0 Å². The van der Waals surface area contributed by atoms with Crippen LogP contribution in [0.25, 0.3) is 11.0 Å². The molecule has 1 N–H and O–H groups in total. The monoisotopic (exact) mass is 380 g/mol. The van der Waals surface area contributed by atoms with Gasteiger partial charge in [0.25, 0.3) is 0 Å². The van der Waals surface area contributed by atoms with Crippen molar-refractivity contribution in [2.45, 2.75) is 24.5 Å². The van der Waals surface area contributed by atoms with Gasteiger partial charge in [-0.15, -0.1) is 0 Å². The van der Waals surface area contributed by atoms with E-state index in [0.717, 1.165) is 21.9 Å². The van der Waals surface area contributed by atoms with E-state index < -0.39 is 0 Å². The van der Waals surface area contributed by atoms with Crippen LogP contribution in [0, 0.1) is 0 Å². The number of thioether (sulfide) groups is 1. The van der Waals surface area contributed by atoms with E-state index in [1.54, 1.807) is 4.90 Å². The summed E-state index contributed by atoms with van der Waals surface area (Å²) in [7, 11) is 1.95. The molecule has 6 nitrogen and oxygen atoms in total. The maximum Gasteiger partial charge on any atom is 0.237 e. The van der Waals surface area contributed by atoms with E-state index in [2.05, 4.69) is 10.3 Å². The third-order valence-corrected chi connectivity index (χ3v) is 5.71. The second-order valence-electron chi connectivity index (χ2n) is 6.61. The topological polar surface area (TPSA) is 67.2 Å². The van der Waals surface area contributed by atoms with Crippen LogP contribution in [0.15, 0.2) is 53.7 Å². The number of para-hydroxylation sites is 4. The van der Waals surface area contributed by atoms with Gasteiger partial charge in [-0.25, -0.2) is 4.98 Å². The predicted molar refractivity (Wildman–Crippen MR) is 108 cm³/mol. The average Bonchev–Trinajstić information content (AvgIpc) is 2.90. The number of nitrogens with one attached hydrogen (secondary N) is 1. The zero-order chi connectivity index (χ0) is 19.0. The number of aromatic nitrogens is 2. The number of hydrogen-bond acceptors (Lipinski definition) is 4. The van der Waals surface area contributed by atoms with Crippen molar-refractivity contribution in [3.63, 3.8) is 0 Å². The lowest BCUT2D eigenvalue weighted by molar-refractivity contribution is -0.117. The number of nitrogens with zero attached hydrogens (tertiary/aromatic N) is 3. The van der Waals surface area contributed by atoms with E-state index in [-0.39, 0.29) is 30.0 Å². The number of hydrogen-bond donors (Lipinski definition) is 1. The molecule has 1 atom stereocenters. The van der Waals surface area contributed by atoms with E-state index in [1.165, 1.54) is 11.8 Å². The van der Waals surface area contributed by atoms with Crippen molar-refractivity contribution in [1.82, 2.24) is 9.55 Å². The molecular weight excluding hydrogens is 360 g/mol. The lowest BCUT2D eigenvalue weighted by Gasteiger charge is -2.27. The molecule has 0 unspecified atom stereocenters. The number of benzene rings is 2. The molecule has 138 valence electrons. The first kappa shape index (κ1) is 17.6. The van der Waals surface area contributed by atoms with Crippen LogP contribution in [-0.2, 0) is 16.6 Å². The van der Waals surface area contributed by atoms with E-state index in [1.807, 2.05) is 67.1 Å². The summed E-state index contributed by atoms with van der Waals surface area (Å²) in [5.41, 5.74) is 3.37. The van der Waals surface area contributed by atoms with Crippen molar-refractivity contribution >= 4 is 46.0 Å². The first-order valence-electron chi connectivity index (χ1n) is 8.80. The Labute approximate surface area is 161 Å². The molecule has 2 amide bonds. The molecule has 1 aromatic heterocycles. The fourth-order valence-electron chi connectivity index (χ4n) is 3.42. The number of aryl methyl sites for hydroxylation is 1. The highest BCUT2D eigenvalue weighted by atomic mass is 32.2. The van der Waals surface area contributed by atoms with Gasteiger partial charge in [0, 0.05) is 19.5 Å². The fraction of sp³-hybridized carbons (Fsp3) is 0.250. The molecule has 0 spiro atoms. The molecule has 0 fully saturated rings. The lowest BCUT2D eigenvalue weighted by Crippen LogP contribution is -2.40. The molecule has 1 aliphatic heterocycles. The van der Waals surface area contributed by atoms with Gasteiger partial charge in [-0.05, 0) is 31.2 Å². The molecule has 2 aromatic carbocycles. The largest absolute Gasteiger partial charge is 0.324 e. The first-order valence-corrected chi connectivity index (χ1v) is 9.78. The van der Waals surface area contributed by atoms with Gasteiger partial charge in [0.15, 0.2) is 5.16 Å². The molecule has 1 aliphatic rings. The van der Waals surface area contributed by atoms with Crippen molar-refractivity contribution in [2.24, 2.45) is 7.05 Å². The molecule has 7 heteroatoms. The van der Waals surface area contributed by atoms with Gasteiger partial charge in [0.05, 0.1) is 28.2 Å². The summed E-state index contributed by atoms with van der Waals surface area (Å²) < 4.78 is 2.00. The van der Waals surface area contributed by atoms with Crippen LogP contribution in [0.4, 0.5) is 11.4 Å². The molecule has 4 rings (SSSR count). The number of anilines is 2. The normalized spacial score (nSPS) is 16.7. The number of rotatable bonds is 3. The van der Waals surface area contributed by atoms with Crippen molar-refractivity contribution in [1.29, 1.82) is 0 Å². The Bertz CT molecular complexity index is 1030. The van der Waals surface area contributed by atoms with Crippen LogP contribution >= 0.6 is 11.8 Å². The van der Waals surface area contributed by atoms with E-state index in [4.69, 9.17) is 0 Å². The Balaban J connectivity index is 1.58. The standard InChI is InChI=1S/C20H20N4O2S/c1-13-11-18(25)21-15-8-4-6-10-17(15)24(13)19(26)12-27-20-22-14-7-3-5-9-16(14)23(20)2/h3-10,13H,11-12H2,1-2H3,(H,21,25)/t13-/m1/s1. The highest BCUT2D eigenvalue weighted by Gasteiger charge is 2.29. The van der Waals surface area contributed by atoms with Crippen molar-refractivity contribution in [2.75, 3.05) is 16.0 Å². The Kier molecular flexibility index (Phi) is 4.61. The average molecular weight is 380 g/mol. The quantitative estimate of drug-likeness (QED) is 0.707. The fourth-order valence-corrected chi connectivity index (χ4v) is 4.26. The van der Waals surface area contributed by atoms with E-state index >= 15 is 0 Å². The molecule has 2 heterocycles. The van der Waals surface area contributed by atoms with Gasteiger partial charge in [-0.1, -0.05) is 36.0 Å². The van der Waals surface area contributed by atoms with Crippen molar-refractivity contribution in [3.05, 3.63) is 48.5 Å². The summed E-state index contributed by atoms with van der Waals surface area (Å²) in [6, 6.07) is 15.1. The molecule has 27 heavy (non-hydrogen) atoms. The van der Waals surface area contributed by atoms with Crippen LogP contribution in [0.2, 0.25) is 0 Å². The van der Waals surface area contributed by atoms with Crippen molar-refractivity contribution in [3.8, 4) is 0 Å². The Morgan fingerprint density at radius 1 is 1.22 bits per heavy atom. The summed E-state index contributed by atoms with van der Waals surface area (Å²) in [4.78, 5) is 31.5. The van der Waals surface area contributed by atoms with Gasteiger partial charge in [-0.3, -0.25) is 9.59 Å². The zero-order valence-corrected chi connectivity index (χ0v) is 16.0. The molecule has 0 bridgehead atoms. The number of imidazole rings is 1. The summed E-state index contributed by atoms with van der Waals surface area (Å²) in [5.74, 6) is 0.140. The summed E-state index contributed by atoms with van der Waals surface area (Å²) in [5, 5.41) is 3.68. The van der Waals surface area contributed by atoms with Crippen molar-refractivity contribution < 1.29 is 9.59 Å². The molecule has 0 aliphatic carbocycles. The minimum absolute atomic E-state index is 0.0384. The molecule has 3 aromatic rings. The molecule has 0 saturated carbocycles. The molecule has 0 radical (unpaired) electrons. The van der Waals surface area contributed by atoms with Gasteiger partial charge in [0.1, 0.15) is 0 Å². The van der Waals surface area contributed by atoms with Gasteiger partial charge >= 0.3 is 0 Å². The molecular formula is C20H20N4O2S. The second-order valence-corrected chi connectivity index (χ2v) is 7.56. The highest BCUT2D eigenvalue weighted by molar-refractivity contribution is 7.99. The predicted octanol–water partition coefficient (Wildman–Crippen LogP) is 3.43. The number of carbonyl (C=O) groups excluding carboxylic acids is 2. The van der Waals surface area contributed by atoms with Crippen LogP contribution in [0.3, 0.4) is 0 Å². The highest BCUT2D eigenvalue weighted by Crippen LogP contribution is 2.32. The maximum atomic E-state index is 13.1. The molecule has 0 saturated heterocycles. The Hall–Kier alpha value is -2.80. The number of fused-ring (bicyclic) bond motifs is 2. The van der Waals surface area contributed by atoms with E-state index in [9.17, 15) is 9.59 Å². The SMILES string of the molecule is C[C@@H]1CC(=O)Nc2ccccc2N1C(=O)CSc1nc2ccccc2n1C. The first-order chi connectivity index (χ1) is 13.0. The number of carbonyl (C=O) groups is 2. The van der Waals surface area contributed by atoms with Crippen LogP contribution in [0.1, 0.15) is 13.3 Å². The lowest BCUT2D eigenvalue weighted by atomic mass is 10.2. The maximum absolute atomic E-state index is 13.1. The zero-order valence-electron chi connectivity index (χ0n) is 15.2. The van der Waals surface area contributed by atoms with Gasteiger partial charge < -0.3 is 14.8 Å². The third kappa shape index (κ3) is 3.30. The summed E-state index contributed by atoms with van der Waals surface area (Å²) in [6.45, 7) is 1.90. The van der Waals surface area contributed by atoms with Crippen LogP contribution in [-0.4, -0.2) is 33.2 Å². The third-order valence-electron chi connectivity index (χ3n) is 4.70. The minimum atomic E-state index is -0.206. The Morgan fingerprint density at radius 2 is 1.96 bits per heavy atom. The minimum Gasteiger partial charge on any atom is -0.324 e. The van der Waals surface area contributed by atoms with E-state index in [0.29, 0.717) is 5.69 Å². The Morgan fingerprint density at radius 3 is 2.78 bits per heavy atom. The van der Waals surface area contributed by atoms with Crippen LogP contribution < -0.4 is 10.2 Å². The number of amides is 2. The summed E-state index contributed by atoms with van der Waals surface area (Å²) in [6.07, 6.45) is 0.275. The second kappa shape index (κ2) is 7.08.